The molecule has 2 N–H and O–H groups in total. The molecule has 1 aliphatic rings. The van der Waals surface area contributed by atoms with Gasteiger partial charge >= 0.3 is 6.09 Å². The van der Waals surface area contributed by atoms with Crippen molar-refractivity contribution in [2.75, 3.05) is 18.4 Å². The van der Waals surface area contributed by atoms with E-state index in [1.165, 1.54) is 18.3 Å². The van der Waals surface area contributed by atoms with E-state index in [9.17, 15) is 9.90 Å². The van der Waals surface area contributed by atoms with Crippen molar-refractivity contribution in [3.05, 3.63) is 35.7 Å². The minimum Gasteiger partial charge on any atom is -0.508 e. The standard InChI is InChI=1S/C20H25ClN4O4/c1-20(2,3)29-19(27)25-10-4-5-13(25)11-22-16-12-23-18(21)24-17(16)28-15-8-6-14(26)7-9-15/h6-9,12-13,22,26H,4-5,10-11H2,1-3H3/t13-/m0/s1. The van der Waals surface area contributed by atoms with Gasteiger partial charge in [0.25, 0.3) is 0 Å². The number of phenols is 1. The molecule has 0 aliphatic carbocycles. The summed E-state index contributed by atoms with van der Waals surface area (Å²) < 4.78 is 11.3. The van der Waals surface area contributed by atoms with Crippen LogP contribution in [0.2, 0.25) is 5.28 Å². The molecule has 1 amide bonds. The molecule has 1 saturated heterocycles. The van der Waals surface area contributed by atoms with Gasteiger partial charge < -0.3 is 24.8 Å². The number of hydrogen-bond donors (Lipinski definition) is 2. The maximum absolute atomic E-state index is 12.5. The van der Waals surface area contributed by atoms with E-state index < -0.39 is 5.60 Å². The summed E-state index contributed by atoms with van der Waals surface area (Å²) in [6.07, 6.45) is 3.02. The summed E-state index contributed by atoms with van der Waals surface area (Å²) >= 11 is 5.92. The summed E-state index contributed by atoms with van der Waals surface area (Å²) in [5.74, 6) is 0.897. The van der Waals surface area contributed by atoms with E-state index in [4.69, 9.17) is 21.1 Å². The summed E-state index contributed by atoms with van der Waals surface area (Å²) in [5.41, 5.74) is 0.0193. The molecular formula is C20H25ClN4O4. The van der Waals surface area contributed by atoms with E-state index in [0.29, 0.717) is 24.5 Å². The molecule has 8 nitrogen and oxygen atoms in total. The maximum atomic E-state index is 12.5. The van der Waals surface area contributed by atoms with Gasteiger partial charge in [0.15, 0.2) is 0 Å². The van der Waals surface area contributed by atoms with Gasteiger partial charge in [0, 0.05) is 13.1 Å². The molecule has 0 bridgehead atoms. The Morgan fingerprint density at radius 3 is 2.76 bits per heavy atom. The zero-order chi connectivity index (χ0) is 21.0. The molecule has 156 valence electrons. The second-order valence-corrected chi connectivity index (χ2v) is 8.14. The number of rotatable bonds is 5. The van der Waals surface area contributed by atoms with Crippen LogP contribution in [0.3, 0.4) is 0 Å². The number of aromatic nitrogens is 2. The van der Waals surface area contributed by atoms with Crippen LogP contribution < -0.4 is 10.1 Å². The lowest BCUT2D eigenvalue weighted by Crippen LogP contribution is -2.42. The van der Waals surface area contributed by atoms with Crippen molar-refractivity contribution < 1.29 is 19.4 Å². The molecule has 1 fully saturated rings. The zero-order valence-electron chi connectivity index (χ0n) is 16.7. The lowest BCUT2D eigenvalue weighted by atomic mass is 10.2. The summed E-state index contributed by atoms with van der Waals surface area (Å²) in [6, 6.07) is 6.26. The molecule has 1 aliphatic heterocycles. The fourth-order valence-corrected chi connectivity index (χ4v) is 3.13. The molecule has 2 heterocycles. The van der Waals surface area contributed by atoms with Crippen molar-refractivity contribution in [1.82, 2.24) is 14.9 Å². The molecule has 2 aromatic rings. The second kappa shape index (κ2) is 8.73. The Balaban J connectivity index is 1.68. The highest BCUT2D eigenvalue weighted by Crippen LogP contribution is 2.29. The van der Waals surface area contributed by atoms with Gasteiger partial charge in [-0.05, 0) is 69.5 Å². The number of amides is 1. The molecule has 0 spiro atoms. The van der Waals surface area contributed by atoms with E-state index in [-0.39, 0.29) is 29.0 Å². The van der Waals surface area contributed by atoms with Gasteiger partial charge in [-0.3, -0.25) is 0 Å². The van der Waals surface area contributed by atoms with Gasteiger partial charge in [0.05, 0.1) is 12.2 Å². The van der Waals surface area contributed by atoms with Crippen LogP contribution >= 0.6 is 11.6 Å². The van der Waals surface area contributed by atoms with Crippen molar-refractivity contribution in [3.63, 3.8) is 0 Å². The SMILES string of the molecule is CC(C)(C)OC(=O)N1CCC[C@H]1CNc1cnc(Cl)nc1Oc1ccc(O)cc1. The minimum absolute atomic E-state index is 0.0120. The Kier molecular flexibility index (Phi) is 6.32. The number of ether oxygens (including phenoxy) is 2. The number of benzene rings is 1. The Morgan fingerprint density at radius 2 is 2.07 bits per heavy atom. The van der Waals surface area contributed by atoms with Gasteiger partial charge in [-0.15, -0.1) is 0 Å². The summed E-state index contributed by atoms with van der Waals surface area (Å²) in [4.78, 5) is 22.3. The van der Waals surface area contributed by atoms with E-state index in [1.807, 2.05) is 20.8 Å². The van der Waals surface area contributed by atoms with Crippen LogP contribution in [0.15, 0.2) is 30.5 Å². The van der Waals surface area contributed by atoms with Crippen molar-refractivity contribution in [2.24, 2.45) is 0 Å². The average Bonchev–Trinajstić information content (AvgIpc) is 3.10. The Bertz CT molecular complexity index is 855. The van der Waals surface area contributed by atoms with Gasteiger partial charge in [-0.2, -0.15) is 4.98 Å². The van der Waals surface area contributed by atoms with Crippen LogP contribution in [0.5, 0.6) is 17.4 Å². The number of carbonyl (C=O) groups is 1. The van der Waals surface area contributed by atoms with Crippen LogP contribution in [0, 0.1) is 0 Å². The molecule has 1 aromatic heterocycles. The first-order valence-corrected chi connectivity index (χ1v) is 9.82. The fraction of sp³-hybridized carbons (Fsp3) is 0.450. The molecule has 1 atom stereocenters. The molecule has 0 unspecified atom stereocenters. The lowest BCUT2D eigenvalue weighted by Gasteiger charge is -2.29. The number of hydrogen-bond acceptors (Lipinski definition) is 7. The van der Waals surface area contributed by atoms with Gasteiger partial charge in [-0.1, -0.05) is 0 Å². The topological polar surface area (TPSA) is 96.8 Å². The maximum Gasteiger partial charge on any atom is 0.410 e. The van der Waals surface area contributed by atoms with E-state index >= 15 is 0 Å². The third-order valence-electron chi connectivity index (χ3n) is 4.31. The third kappa shape index (κ3) is 5.87. The lowest BCUT2D eigenvalue weighted by molar-refractivity contribution is 0.0235. The second-order valence-electron chi connectivity index (χ2n) is 7.80. The average molecular weight is 421 g/mol. The fourth-order valence-electron chi connectivity index (χ4n) is 3.01. The third-order valence-corrected chi connectivity index (χ3v) is 4.49. The Morgan fingerprint density at radius 1 is 1.34 bits per heavy atom. The molecule has 29 heavy (non-hydrogen) atoms. The summed E-state index contributed by atoms with van der Waals surface area (Å²) in [7, 11) is 0. The number of anilines is 1. The zero-order valence-corrected chi connectivity index (χ0v) is 17.4. The van der Waals surface area contributed by atoms with Crippen molar-refractivity contribution in [1.29, 1.82) is 0 Å². The molecule has 9 heteroatoms. The van der Waals surface area contributed by atoms with Crippen molar-refractivity contribution >= 4 is 23.4 Å². The summed E-state index contributed by atoms with van der Waals surface area (Å²) in [5, 5.41) is 12.7. The van der Waals surface area contributed by atoms with Gasteiger partial charge in [0.2, 0.25) is 11.2 Å². The first-order chi connectivity index (χ1) is 13.7. The first-order valence-electron chi connectivity index (χ1n) is 9.44. The van der Waals surface area contributed by atoms with E-state index in [0.717, 1.165) is 12.8 Å². The predicted octanol–water partition coefficient (Wildman–Crippen LogP) is 4.44. The first kappa shape index (κ1) is 21.0. The highest BCUT2D eigenvalue weighted by Gasteiger charge is 2.32. The molecule has 1 aromatic carbocycles. The highest BCUT2D eigenvalue weighted by atomic mass is 35.5. The van der Waals surface area contributed by atoms with Crippen LogP contribution in [0.25, 0.3) is 0 Å². The molecule has 0 radical (unpaired) electrons. The smallest absolute Gasteiger partial charge is 0.410 e. The number of halogens is 1. The van der Waals surface area contributed by atoms with Crippen molar-refractivity contribution in [2.45, 2.75) is 45.3 Å². The number of nitrogens with zero attached hydrogens (tertiary/aromatic N) is 3. The Labute approximate surface area is 174 Å². The number of aromatic hydroxyl groups is 1. The quantitative estimate of drug-likeness (QED) is 0.690. The van der Waals surface area contributed by atoms with Gasteiger partial charge in [-0.25, -0.2) is 9.78 Å². The van der Waals surface area contributed by atoms with Crippen LogP contribution in [0.1, 0.15) is 33.6 Å². The van der Waals surface area contributed by atoms with Crippen LogP contribution in [-0.2, 0) is 4.74 Å². The number of carbonyl (C=O) groups excluding carboxylic acids is 1. The van der Waals surface area contributed by atoms with Crippen LogP contribution in [0.4, 0.5) is 10.5 Å². The van der Waals surface area contributed by atoms with Gasteiger partial charge in [0.1, 0.15) is 22.8 Å². The molecule has 3 rings (SSSR count). The van der Waals surface area contributed by atoms with E-state index in [1.54, 1.807) is 17.0 Å². The number of phenolic OH excluding ortho intramolecular Hbond substituents is 1. The minimum atomic E-state index is -0.535. The molecular weight excluding hydrogens is 396 g/mol. The largest absolute Gasteiger partial charge is 0.508 e. The summed E-state index contributed by atoms with van der Waals surface area (Å²) in [6.45, 7) is 6.72. The highest BCUT2D eigenvalue weighted by molar-refractivity contribution is 6.28. The molecule has 0 saturated carbocycles. The Hall–Kier alpha value is -2.74. The monoisotopic (exact) mass is 420 g/mol. The normalized spacial score (nSPS) is 16.6. The van der Waals surface area contributed by atoms with E-state index in [2.05, 4.69) is 15.3 Å². The number of nitrogens with one attached hydrogen (secondary N) is 1. The number of likely N-dealkylation sites (tertiary alicyclic amines) is 1. The van der Waals surface area contributed by atoms with Crippen LogP contribution in [-0.4, -0.2) is 50.8 Å². The predicted molar refractivity (Wildman–Crippen MR) is 110 cm³/mol. The van der Waals surface area contributed by atoms with Crippen molar-refractivity contribution in [3.8, 4) is 17.4 Å².